The Hall–Kier alpha value is -1.72. The SMILES string of the molecule is CC(=N\O)/C(C)=N/N=C(C)/C(C)=N/O. The minimum absolute atomic E-state index is 0.389. The smallest absolute Gasteiger partial charge is 0.0994 e. The molecule has 6 heteroatoms. The van der Waals surface area contributed by atoms with Crippen LogP contribution in [0.4, 0.5) is 0 Å². The van der Waals surface area contributed by atoms with Gasteiger partial charge in [-0.25, -0.2) is 0 Å². The van der Waals surface area contributed by atoms with Crippen LogP contribution < -0.4 is 0 Å². The van der Waals surface area contributed by atoms with Gasteiger partial charge in [-0.2, -0.15) is 10.2 Å². The molecule has 0 saturated carbocycles. The van der Waals surface area contributed by atoms with Crippen molar-refractivity contribution < 1.29 is 10.4 Å². The molecule has 0 aromatic rings. The molecule has 0 rings (SSSR count). The molecule has 0 fully saturated rings. The van der Waals surface area contributed by atoms with Gasteiger partial charge in [0.2, 0.25) is 0 Å². The predicted molar refractivity (Wildman–Crippen MR) is 56.0 cm³/mol. The third-order valence-electron chi connectivity index (χ3n) is 1.70. The van der Waals surface area contributed by atoms with Gasteiger partial charge in [0.25, 0.3) is 0 Å². The van der Waals surface area contributed by atoms with Crippen molar-refractivity contribution in [2.45, 2.75) is 27.7 Å². The quantitative estimate of drug-likeness (QED) is 0.409. The molecule has 0 aliphatic carbocycles. The monoisotopic (exact) mass is 198 g/mol. The van der Waals surface area contributed by atoms with Crippen LogP contribution >= 0.6 is 0 Å². The van der Waals surface area contributed by atoms with Crippen molar-refractivity contribution in [1.82, 2.24) is 0 Å². The van der Waals surface area contributed by atoms with Crippen LogP contribution in [0.1, 0.15) is 27.7 Å². The standard InChI is InChI=1S/C8H14N4O2/c1-5(7(3)11-13)9-10-6(2)8(4)12-14/h13-14H,1-4H3/b9-5+,10-6+,11-7+,12-8+. The summed E-state index contributed by atoms with van der Waals surface area (Å²) in [5.74, 6) is 0. The topological polar surface area (TPSA) is 89.9 Å². The molecule has 6 nitrogen and oxygen atoms in total. The largest absolute Gasteiger partial charge is 0.411 e. The summed E-state index contributed by atoms with van der Waals surface area (Å²) in [4.78, 5) is 0. The van der Waals surface area contributed by atoms with Gasteiger partial charge >= 0.3 is 0 Å². The van der Waals surface area contributed by atoms with Crippen LogP contribution in [0.3, 0.4) is 0 Å². The molecule has 0 saturated heterocycles. The van der Waals surface area contributed by atoms with Crippen molar-refractivity contribution in [1.29, 1.82) is 0 Å². The number of hydrogen-bond donors (Lipinski definition) is 2. The van der Waals surface area contributed by atoms with Crippen LogP contribution in [0, 0.1) is 0 Å². The molecule has 0 unspecified atom stereocenters. The lowest BCUT2D eigenvalue weighted by Crippen LogP contribution is -2.07. The van der Waals surface area contributed by atoms with E-state index < -0.39 is 0 Å². The Morgan fingerprint density at radius 2 is 0.929 bits per heavy atom. The molecule has 0 aliphatic rings. The maximum Gasteiger partial charge on any atom is 0.0994 e. The summed E-state index contributed by atoms with van der Waals surface area (Å²) in [7, 11) is 0. The zero-order valence-corrected chi connectivity index (χ0v) is 8.68. The summed E-state index contributed by atoms with van der Waals surface area (Å²) < 4.78 is 0. The third kappa shape index (κ3) is 3.79. The van der Waals surface area contributed by atoms with Crippen LogP contribution in [0.2, 0.25) is 0 Å². The molecule has 0 bridgehead atoms. The zero-order chi connectivity index (χ0) is 11.1. The third-order valence-corrected chi connectivity index (χ3v) is 1.70. The summed E-state index contributed by atoms with van der Waals surface area (Å²) in [5, 5.41) is 30.3. The Kier molecular flexibility index (Phi) is 5.13. The number of nitrogens with zero attached hydrogens (tertiary/aromatic N) is 4. The maximum absolute atomic E-state index is 8.42. The lowest BCUT2D eigenvalue weighted by atomic mass is 10.3. The van der Waals surface area contributed by atoms with Crippen molar-refractivity contribution in [3.05, 3.63) is 0 Å². The van der Waals surface area contributed by atoms with Crippen LogP contribution in [-0.2, 0) is 0 Å². The molecule has 0 radical (unpaired) electrons. The highest BCUT2D eigenvalue weighted by molar-refractivity contribution is 6.42. The van der Waals surface area contributed by atoms with E-state index in [0.717, 1.165) is 0 Å². The molecular formula is C8H14N4O2. The first-order chi connectivity index (χ1) is 6.52. The molecule has 0 aliphatic heterocycles. The first-order valence-corrected chi connectivity index (χ1v) is 3.99. The van der Waals surface area contributed by atoms with E-state index in [1.807, 2.05) is 0 Å². The van der Waals surface area contributed by atoms with Crippen LogP contribution in [0.25, 0.3) is 0 Å². The molecule has 0 aromatic heterocycles. The van der Waals surface area contributed by atoms with E-state index in [9.17, 15) is 0 Å². The van der Waals surface area contributed by atoms with Gasteiger partial charge in [0.05, 0.1) is 22.8 Å². The first kappa shape index (κ1) is 12.3. The zero-order valence-electron chi connectivity index (χ0n) is 8.68. The highest BCUT2D eigenvalue weighted by atomic mass is 16.4. The van der Waals surface area contributed by atoms with Gasteiger partial charge in [-0.1, -0.05) is 10.3 Å². The normalized spacial score (nSPS) is 16.0. The number of hydrogen-bond acceptors (Lipinski definition) is 6. The van der Waals surface area contributed by atoms with Gasteiger partial charge < -0.3 is 10.4 Å². The second kappa shape index (κ2) is 5.85. The van der Waals surface area contributed by atoms with Crippen LogP contribution in [-0.4, -0.2) is 33.3 Å². The van der Waals surface area contributed by atoms with Crippen LogP contribution in [0.5, 0.6) is 0 Å². The summed E-state index contributed by atoms with van der Waals surface area (Å²) in [6.45, 7) is 6.54. The Bertz CT molecular complexity index is 283. The minimum atomic E-state index is 0.389. The van der Waals surface area contributed by atoms with Crippen molar-refractivity contribution in [3.8, 4) is 0 Å². The van der Waals surface area contributed by atoms with Gasteiger partial charge in [0.15, 0.2) is 0 Å². The molecule has 0 heterocycles. The molecular weight excluding hydrogens is 184 g/mol. The van der Waals surface area contributed by atoms with Crippen molar-refractivity contribution >= 4 is 22.8 Å². The molecule has 14 heavy (non-hydrogen) atoms. The summed E-state index contributed by atoms with van der Waals surface area (Å²) in [6.07, 6.45) is 0. The summed E-state index contributed by atoms with van der Waals surface area (Å²) >= 11 is 0. The van der Waals surface area contributed by atoms with Crippen LogP contribution in [0.15, 0.2) is 20.5 Å². The molecule has 0 spiro atoms. The van der Waals surface area contributed by atoms with Crippen molar-refractivity contribution in [2.24, 2.45) is 20.5 Å². The van der Waals surface area contributed by atoms with E-state index in [1.54, 1.807) is 27.7 Å². The highest BCUT2D eigenvalue weighted by Gasteiger charge is 1.98. The first-order valence-electron chi connectivity index (χ1n) is 3.99. The Balaban J connectivity index is 4.71. The average Bonchev–Trinajstić information content (AvgIpc) is 2.22. The van der Waals surface area contributed by atoms with E-state index in [-0.39, 0.29) is 0 Å². The summed E-state index contributed by atoms with van der Waals surface area (Å²) in [6, 6.07) is 0. The molecule has 2 N–H and O–H groups in total. The van der Waals surface area contributed by atoms with Gasteiger partial charge in [-0.15, -0.1) is 0 Å². The van der Waals surface area contributed by atoms with E-state index in [2.05, 4.69) is 20.5 Å². The van der Waals surface area contributed by atoms with Gasteiger partial charge in [0, 0.05) is 0 Å². The Labute approximate surface area is 82.3 Å². The van der Waals surface area contributed by atoms with Crippen molar-refractivity contribution in [2.75, 3.05) is 0 Å². The fourth-order valence-corrected chi connectivity index (χ4v) is 0.439. The predicted octanol–water partition coefficient (Wildman–Crippen LogP) is 1.52. The van der Waals surface area contributed by atoms with E-state index >= 15 is 0 Å². The molecule has 0 atom stereocenters. The van der Waals surface area contributed by atoms with Crippen molar-refractivity contribution in [3.63, 3.8) is 0 Å². The van der Waals surface area contributed by atoms with E-state index in [4.69, 9.17) is 10.4 Å². The van der Waals surface area contributed by atoms with Gasteiger partial charge in [-0.05, 0) is 27.7 Å². The van der Waals surface area contributed by atoms with Gasteiger partial charge in [0.1, 0.15) is 0 Å². The minimum Gasteiger partial charge on any atom is -0.411 e. The number of rotatable bonds is 3. The fraction of sp³-hybridized carbons (Fsp3) is 0.500. The van der Waals surface area contributed by atoms with E-state index in [0.29, 0.717) is 22.8 Å². The summed E-state index contributed by atoms with van der Waals surface area (Å²) in [5.41, 5.74) is 1.77. The molecule has 0 aromatic carbocycles. The molecule has 78 valence electrons. The van der Waals surface area contributed by atoms with E-state index in [1.165, 1.54) is 0 Å². The number of oxime groups is 2. The lowest BCUT2D eigenvalue weighted by molar-refractivity contribution is 0.319. The Morgan fingerprint density at radius 3 is 1.14 bits per heavy atom. The molecule has 0 amide bonds. The fourth-order valence-electron chi connectivity index (χ4n) is 0.439. The second-order valence-electron chi connectivity index (χ2n) is 2.74. The maximum atomic E-state index is 8.42. The second-order valence-corrected chi connectivity index (χ2v) is 2.74. The van der Waals surface area contributed by atoms with Gasteiger partial charge in [-0.3, -0.25) is 0 Å². The highest BCUT2D eigenvalue weighted by Crippen LogP contribution is 1.88. The lowest BCUT2D eigenvalue weighted by Gasteiger charge is -1.95. The Morgan fingerprint density at radius 1 is 0.643 bits per heavy atom. The average molecular weight is 198 g/mol.